The van der Waals surface area contributed by atoms with E-state index in [1.165, 1.54) is 13.1 Å². The molecule has 7 heteroatoms. The van der Waals surface area contributed by atoms with Gasteiger partial charge in [-0.1, -0.05) is 0 Å². The van der Waals surface area contributed by atoms with Crippen LogP contribution in [0.3, 0.4) is 0 Å². The number of hydrogen-bond acceptors (Lipinski definition) is 5. The van der Waals surface area contributed by atoms with E-state index in [1.807, 2.05) is 26.0 Å². The molecule has 20 heavy (non-hydrogen) atoms. The molecule has 0 aliphatic carbocycles. The maximum absolute atomic E-state index is 11.8. The van der Waals surface area contributed by atoms with Crippen LogP contribution in [0.4, 0.5) is 11.4 Å². The molecule has 6 nitrogen and oxygen atoms in total. The van der Waals surface area contributed by atoms with Crippen molar-refractivity contribution >= 4 is 21.4 Å². The van der Waals surface area contributed by atoms with Gasteiger partial charge in [-0.15, -0.1) is 0 Å². The molecule has 0 radical (unpaired) electrons. The summed E-state index contributed by atoms with van der Waals surface area (Å²) in [5, 5.41) is 0. The summed E-state index contributed by atoms with van der Waals surface area (Å²) in [7, 11) is 3.91. The number of rotatable bonds is 7. The Balaban J connectivity index is 2.91. The van der Waals surface area contributed by atoms with Crippen molar-refractivity contribution in [3.63, 3.8) is 0 Å². The molecule has 0 bridgehead atoms. The van der Waals surface area contributed by atoms with Gasteiger partial charge in [0.15, 0.2) is 0 Å². The number of nitrogens with two attached hydrogens (primary N) is 1. The number of nitrogens with one attached hydrogen (secondary N) is 1. The van der Waals surface area contributed by atoms with Gasteiger partial charge in [0.05, 0.1) is 16.3 Å². The standard InChI is InChI=1S/C13H24N4O2S/c1-15-20(18,19)11-6-7-12(14)13(10-11)17(4)9-5-8-16(2)3/h6-7,10,15H,5,8-9,14H2,1-4H3. The molecule has 1 aromatic rings. The van der Waals surface area contributed by atoms with E-state index in [0.29, 0.717) is 5.69 Å². The lowest BCUT2D eigenvalue weighted by molar-refractivity contribution is 0.401. The van der Waals surface area contributed by atoms with Gasteiger partial charge in [-0.05, 0) is 52.3 Å². The van der Waals surface area contributed by atoms with Crippen LogP contribution in [-0.4, -0.2) is 54.6 Å². The Morgan fingerprint density at radius 2 is 1.85 bits per heavy atom. The number of anilines is 2. The van der Waals surface area contributed by atoms with Crippen molar-refractivity contribution in [2.75, 3.05) is 51.9 Å². The highest BCUT2D eigenvalue weighted by atomic mass is 32.2. The van der Waals surface area contributed by atoms with Gasteiger partial charge in [0.25, 0.3) is 0 Å². The first-order chi connectivity index (χ1) is 9.27. The third kappa shape index (κ3) is 4.36. The van der Waals surface area contributed by atoms with Crippen LogP contribution in [-0.2, 0) is 10.0 Å². The van der Waals surface area contributed by atoms with E-state index in [2.05, 4.69) is 9.62 Å². The normalized spacial score (nSPS) is 11.8. The minimum Gasteiger partial charge on any atom is -0.397 e. The number of sulfonamides is 1. The van der Waals surface area contributed by atoms with Crippen molar-refractivity contribution in [1.29, 1.82) is 0 Å². The van der Waals surface area contributed by atoms with Crippen LogP contribution in [0.1, 0.15) is 6.42 Å². The zero-order chi connectivity index (χ0) is 15.3. The largest absolute Gasteiger partial charge is 0.397 e. The number of hydrogen-bond donors (Lipinski definition) is 2. The predicted molar refractivity (Wildman–Crippen MR) is 83.5 cm³/mol. The molecular weight excluding hydrogens is 276 g/mol. The van der Waals surface area contributed by atoms with Gasteiger partial charge in [0.2, 0.25) is 10.0 Å². The summed E-state index contributed by atoms with van der Waals surface area (Å²) in [6, 6.07) is 4.75. The third-order valence-electron chi connectivity index (χ3n) is 3.09. The second kappa shape index (κ2) is 6.92. The molecule has 0 aliphatic heterocycles. The van der Waals surface area contributed by atoms with Crippen LogP contribution in [0.5, 0.6) is 0 Å². The van der Waals surface area contributed by atoms with Crippen LogP contribution in [0.2, 0.25) is 0 Å². The Kier molecular flexibility index (Phi) is 5.79. The van der Waals surface area contributed by atoms with Gasteiger partial charge in [-0.2, -0.15) is 0 Å². The van der Waals surface area contributed by atoms with E-state index in [9.17, 15) is 8.42 Å². The lowest BCUT2D eigenvalue weighted by atomic mass is 10.2. The molecule has 0 aliphatic rings. The van der Waals surface area contributed by atoms with Gasteiger partial charge in [-0.25, -0.2) is 13.1 Å². The molecule has 0 atom stereocenters. The van der Waals surface area contributed by atoms with Crippen molar-refractivity contribution in [3.05, 3.63) is 18.2 Å². The zero-order valence-electron chi connectivity index (χ0n) is 12.5. The summed E-state index contributed by atoms with van der Waals surface area (Å²) in [4.78, 5) is 4.32. The molecule has 0 unspecified atom stereocenters. The Hall–Kier alpha value is -1.31. The molecule has 0 heterocycles. The van der Waals surface area contributed by atoms with E-state index < -0.39 is 10.0 Å². The summed E-state index contributed by atoms with van der Waals surface area (Å²) < 4.78 is 25.9. The smallest absolute Gasteiger partial charge is 0.240 e. The highest BCUT2D eigenvalue weighted by Crippen LogP contribution is 2.25. The van der Waals surface area contributed by atoms with Gasteiger partial charge < -0.3 is 15.5 Å². The number of benzene rings is 1. The Morgan fingerprint density at radius 1 is 1.20 bits per heavy atom. The molecule has 114 valence electrons. The zero-order valence-corrected chi connectivity index (χ0v) is 13.4. The molecule has 0 amide bonds. The quantitative estimate of drug-likeness (QED) is 0.720. The van der Waals surface area contributed by atoms with Gasteiger partial charge >= 0.3 is 0 Å². The molecule has 0 saturated carbocycles. The Labute approximate surface area is 121 Å². The van der Waals surface area contributed by atoms with Gasteiger partial charge in [0.1, 0.15) is 0 Å². The van der Waals surface area contributed by atoms with E-state index in [0.717, 1.165) is 25.2 Å². The van der Waals surface area contributed by atoms with Crippen molar-refractivity contribution in [3.8, 4) is 0 Å². The second-order valence-corrected chi connectivity index (χ2v) is 6.89. The first kappa shape index (κ1) is 16.7. The minimum absolute atomic E-state index is 0.226. The average Bonchev–Trinajstić information content (AvgIpc) is 2.38. The van der Waals surface area contributed by atoms with E-state index >= 15 is 0 Å². The maximum atomic E-state index is 11.8. The second-order valence-electron chi connectivity index (χ2n) is 5.01. The molecule has 1 aromatic carbocycles. The third-order valence-corrected chi connectivity index (χ3v) is 4.50. The summed E-state index contributed by atoms with van der Waals surface area (Å²) in [5.41, 5.74) is 7.25. The molecule has 1 rings (SSSR count). The fourth-order valence-corrected chi connectivity index (χ4v) is 2.63. The van der Waals surface area contributed by atoms with Crippen LogP contribution in [0.15, 0.2) is 23.1 Å². The summed E-state index contributed by atoms with van der Waals surface area (Å²) in [5.74, 6) is 0. The minimum atomic E-state index is -3.45. The predicted octanol–water partition coefficient (Wildman–Crippen LogP) is 0.565. The van der Waals surface area contributed by atoms with Gasteiger partial charge in [-0.3, -0.25) is 0 Å². The fourth-order valence-electron chi connectivity index (χ4n) is 1.88. The van der Waals surface area contributed by atoms with E-state index in [1.54, 1.807) is 12.1 Å². The van der Waals surface area contributed by atoms with Crippen LogP contribution in [0.25, 0.3) is 0 Å². The summed E-state index contributed by atoms with van der Waals surface area (Å²) >= 11 is 0. The topological polar surface area (TPSA) is 78.7 Å². The molecule has 0 saturated heterocycles. The molecule has 0 fully saturated rings. The fraction of sp³-hybridized carbons (Fsp3) is 0.538. The lowest BCUT2D eigenvalue weighted by Gasteiger charge is -2.22. The first-order valence-electron chi connectivity index (χ1n) is 6.47. The molecule has 0 spiro atoms. The van der Waals surface area contributed by atoms with E-state index in [4.69, 9.17) is 5.73 Å². The number of nitrogen functional groups attached to an aromatic ring is 1. The molecule has 0 aromatic heterocycles. The first-order valence-corrected chi connectivity index (χ1v) is 7.95. The SMILES string of the molecule is CNS(=O)(=O)c1ccc(N)c(N(C)CCCN(C)C)c1. The van der Waals surface area contributed by atoms with Crippen molar-refractivity contribution in [2.45, 2.75) is 11.3 Å². The van der Waals surface area contributed by atoms with Crippen LogP contribution in [0, 0.1) is 0 Å². The Bertz CT molecular complexity index is 543. The van der Waals surface area contributed by atoms with Crippen molar-refractivity contribution < 1.29 is 8.42 Å². The lowest BCUT2D eigenvalue weighted by Crippen LogP contribution is -2.25. The Morgan fingerprint density at radius 3 is 2.40 bits per heavy atom. The number of nitrogens with zero attached hydrogens (tertiary/aromatic N) is 2. The van der Waals surface area contributed by atoms with Crippen LogP contribution >= 0.6 is 0 Å². The van der Waals surface area contributed by atoms with Crippen molar-refractivity contribution in [1.82, 2.24) is 9.62 Å². The summed E-state index contributed by atoms with van der Waals surface area (Å²) in [6.45, 7) is 1.78. The molecular formula is C13H24N4O2S. The average molecular weight is 300 g/mol. The highest BCUT2D eigenvalue weighted by Gasteiger charge is 2.14. The highest BCUT2D eigenvalue weighted by molar-refractivity contribution is 7.89. The monoisotopic (exact) mass is 300 g/mol. The van der Waals surface area contributed by atoms with Crippen LogP contribution < -0.4 is 15.4 Å². The van der Waals surface area contributed by atoms with E-state index in [-0.39, 0.29) is 4.90 Å². The van der Waals surface area contributed by atoms with Gasteiger partial charge in [0, 0.05) is 13.6 Å². The van der Waals surface area contributed by atoms with Crippen molar-refractivity contribution in [2.24, 2.45) is 0 Å². The molecule has 3 N–H and O–H groups in total. The summed E-state index contributed by atoms with van der Waals surface area (Å²) in [6.07, 6.45) is 0.978. The maximum Gasteiger partial charge on any atom is 0.240 e.